The molecule has 1 fully saturated rings. The number of nitrogens with zero attached hydrogens (tertiary/aromatic N) is 4. The number of amides is 2. The zero-order valence-corrected chi connectivity index (χ0v) is 28.6. The molecule has 2 amide bonds. The maximum absolute atomic E-state index is 14.4. The van der Waals surface area contributed by atoms with Gasteiger partial charge in [-0.2, -0.15) is 0 Å². The molecule has 48 heavy (non-hydrogen) atoms. The summed E-state index contributed by atoms with van der Waals surface area (Å²) >= 11 is 6.22. The number of sulfone groups is 1. The molecular weight excluding hydrogens is 667 g/mol. The van der Waals surface area contributed by atoms with Crippen LogP contribution >= 0.6 is 11.6 Å². The van der Waals surface area contributed by atoms with Crippen LogP contribution in [0.1, 0.15) is 30.0 Å². The summed E-state index contributed by atoms with van der Waals surface area (Å²) in [6.07, 6.45) is 4.18. The molecule has 1 aromatic heterocycles. The van der Waals surface area contributed by atoms with Gasteiger partial charge in [0.2, 0.25) is 11.8 Å². The smallest absolute Gasteiger partial charge is 0.331 e. The number of carbonyl (C=O) groups excluding carboxylic acids is 2. The van der Waals surface area contributed by atoms with Crippen molar-refractivity contribution >= 4 is 33.3 Å². The molecule has 5 rings (SSSR count). The van der Waals surface area contributed by atoms with Gasteiger partial charge < -0.3 is 19.3 Å². The molecule has 3 heterocycles. The summed E-state index contributed by atoms with van der Waals surface area (Å²) in [5.41, 5.74) is 0.0368. The molecule has 2 aliphatic heterocycles. The predicted molar refractivity (Wildman–Crippen MR) is 178 cm³/mol. The zero-order chi connectivity index (χ0) is 34.7. The van der Waals surface area contributed by atoms with Crippen LogP contribution in [-0.4, -0.2) is 97.7 Å². The van der Waals surface area contributed by atoms with Crippen molar-refractivity contribution in [3.05, 3.63) is 85.4 Å². The van der Waals surface area contributed by atoms with Gasteiger partial charge in [0.05, 0.1) is 42.5 Å². The fourth-order valence-electron chi connectivity index (χ4n) is 6.52. The number of halogens is 2. The lowest BCUT2D eigenvalue weighted by Gasteiger charge is -2.38. The number of hydrogen-bond acceptors (Lipinski definition) is 8. The van der Waals surface area contributed by atoms with Gasteiger partial charge in [0.15, 0.2) is 0 Å². The highest BCUT2D eigenvalue weighted by Gasteiger charge is 2.32. The fraction of sp³-hybridized carbons (Fsp3) is 0.455. The molecule has 0 N–H and O–H groups in total. The number of hydrogen-bond donors (Lipinski definition) is 0. The quantitative estimate of drug-likeness (QED) is 0.314. The second kappa shape index (κ2) is 14.6. The van der Waals surface area contributed by atoms with Gasteiger partial charge in [-0.25, -0.2) is 17.6 Å². The normalized spacial score (nSPS) is 16.4. The van der Waals surface area contributed by atoms with E-state index in [-0.39, 0.29) is 41.1 Å². The monoisotopic (exact) mass is 704 g/mol. The Labute approximate surface area is 282 Å². The summed E-state index contributed by atoms with van der Waals surface area (Å²) in [6, 6.07) is 8.30. The van der Waals surface area contributed by atoms with E-state index in [9.17, 15) is 32.0 Å². The first-order valence-corrected chi connectivity index (χ1v) is 17.9. The number of benzene rings is 2. The third-order valence-corrected chi connectivity index (χ3v) is 10.3. The third kappa shape index (κ3) is 7.66. The Kier molecular flexibility index (Phi) is 10.8. The molecule has 0 spiro atoms. The van der Waals surface area contributed by atoms with Crippen molar-refractivity contribution in [1.82, 2.24) is 18.9 Å². The molecule has 0 radical (unpaired) electrons. The van der Waals surface area contributed by atoms with E-state index < -0.39 is 51.2 Å². The van der Waals surface area contributed by atoms with E-state index in [1.54, 1.807) is 12.0 Å². The largest absolute Gasteiger partial charge is 0.497 e. The Morgan fingerprint density at radius 1 is 1.04 bits per heavy atom. The zero-order valence-electron chi connectivity index (χ0n) is 27.0. The highest BCUT2D eigenvalue weighted by molar-refractivity contribution is 7.90. The minimum Gasteiger partial charge on any atom is -0.497 e. The molecule has 3 aromatic rings. The molecule has 15 heteroatoms. The molecule has 2 aromatic carbocycles. The van der Waals surface area contributed by atoms with Crippen LogP contribution in [0.4, 0.5) is 4.39 Å². The van der Waals surface area contributed by atoms with E-state index in [1.165, 1.54) is 19.2 Å². The highest BCUT2D eigenvalue weighted by atomic mass is 35.5. The number of piperidine rings is 1. The van der Waals surface area contributed by atoms with Crippen molar-refractivity contribution in [3.63, 3.8) is 0 Å². The summed E-state index contributed by atoms with van der Waals surface area (Å²) in [6.45, 7) is 0.465. The molecule has 1 atom stereocenters. The Morgan fingerprint density at radius 2 is 1.77 bits per heavy atom. The van der Waals surface area contributed by atoms with Crippen LogP contribution in [0.15, 0.2) is 52.2 Å². The lowest BCUT2D eigenvalue weighted by Crippen LogP contribution is -2.51. The van der Waals surface area contributed by atoms with Gasteiger partial charge in [0.1, 0.15) is 27.9 Å². The van der Waals surface area contributed by atoms with E-state index >= 15 is 0 Å². The molecule has 0 bridgehead atoms. The summed E-state index contributed by atoms with van der Waals surface area (Å²) in [4.78, 5) is 57.8. The summed E-state index contributed by atoms with van der Waals surface area (Å²) < 4.78 is 51.2. The van der Waals surface area contributed by atoms with Crippen LogP contribution in [0, 0.1) is 5.82 Å². The van der Waals surface area contributed by atoms with E-state index in [2.05, 4.69) is 0 Å². The van der Waals surface area contributed by atoms with Crippen molar-refractivity contribution in [3.8, 4) is 16.9 Å². The Bertz CT molecular complexity index is 1940. The van der Waals surface area contributed by atoms with Crippen LogP contribution in [0.5, 0.6) is 5.75 Å². The van der Waals surface area contributed by atoms with Gasteiger partial charge >= 0.3 is 5.69 Å². The maximum atomic E-state index is 14.4. The fourth-order valence-corrected chi connectivity index (χ4v) is 7.69. The average Bonchev–Trinajstić information content (AvgIpc) is 3.20. The molecule has 258 valence electrons. The number of carbonyl (C=O) groups is 2. The number of aromatic nitrogens is 2. The highest BCUT2D eigenvalue weighted by Crippen LogP contribution is 2.29. The first-order valence-electron chi connectivity index (χ1n) is 15.5. The van der Waals surface area contributed by atoms with Crippen LogP contribution in [0.2, 0.25) is 5.02 Å². The lowest BCUT2D eigenvalue weighted by molar-refractivity contribution is -0.136. The van der Waals surface area contributed by atoms with Crippen LogP contribution in [0.25, 0.3) is 11.1 Å². The predicted octanol–water partition coefficient (Wildman–Crippen LogP) is 2.33. The minimum atomic E-state index is -3.69. The van der Waals surface area contributed by atoms with Crippen LogP contribution < -0.4 is 16.0 Å². The molecule has 0 unspecified atom stereocenters. The van der Waals surface area contributed by atoms with Gasteiger partial charge in [-0.15, -0.1) is 0 Å². The second-order valence-electron chi connectivity index (χ2n) is 12.2. The SMILES string of the molecule is COC[C@@H](CS(C)(=O)=O)n1c(=O)c(-c2cccc(F)c2Cl)cn(CC(=O)N2CCC(N3CCc4cc(OC)ccc4CC3=O)CC2)c1=O. The molecule has 0 aliphatic carbocycles. The van der Waals surface area contributed by atoms with Crippen molar-refractivity contribution < 1.29 is 31.9 Å². The van der Waals surface area contributed by atoms with E-state index in [0.29, 0.717) is 38.9 Å². The number of ether oxygens (including phenoxy) is 2. The molecule has 12 nitrogen and oxygen atoms in total. The average molecular weight is 705 g/mol. The Morgan fingerprint density at radius 3 is 2.44 bits per heavy atom. The van der Waals surface area contributed by atoms with Gasteiger partial charge in [0, 0.05) is 50.8 Å². The van der Waals surface area contributed by atoms with Gasteiger partial charge in [-0.05, 0) is 48.6 Å². The lowest BCUT2D eigenvalue weighted by atomic mass is 10.0. The first kappa shape index (κ1) is 35.3. The number of rotatable bonds is 10. The van der Waals surface area contributed by atoms with Gasteiger partial charge in [0.25, 0.3) is 5.56 Å². The molecule has 0 saturated carbocycles. The molecular formula is C33H38ClFN4O8S. The summed E-state index contributed by atoms with van der Waals surface area (Å²) in [5.74, 6) is -1.03. The van der Waals surface area contributed by atoms with Crippen molar-refractivity contribution in [2.75, 3.05) is 52.5 Å². The number of fused-ring (bicyclic) bond motifs is 1. The van der Waals surface area contributed by atoms with Gasteiger partial charge in [-0.1, -0.05) is 29.8 Å². The third-order valence-electron chi connectivity index (χ3n) is 8.91. The molecule has 1 saturated heterocycles. The van der Waals surface area contributed by atoms with Gasteiger partial charge in [-0.3, -0.25) is 23.5 Å². The van der Waals surface area contributed by atoms with Crippen molar-refractivity contribution in [2.24, 2.45) is 0 Å². The molecule has 2 aliphatic rings. The maximum Gasteiger partial charge on any atom is 0.331 e. The van der Waals surface area contributed by atoms with E-state index in [1.807, 2.05) is 23.1 Å². The number of likely N-dealkylation sites (tertiary alicyclic amines) is 1. The van der Waals surface area contributed by atoms with Crippen molar-refractivity contribution in [2.45, 2.75) is 44.3 Å². The number of methoxy groups -OCH3 is 2. The summed E-state index contributed by atoms with van der Waals surface area (Å²) in [7, 11) is -0.790. The van der Waals surface area contributed by atoms with E-state index in [0.717, 1.165) is 44.5 Å². The first-order chi connectivity index (χ1) is 22.8. The minimum absolute atomic E-state index is 0.0179. The Hall–Kier alpha value is -4.01. The summed E-state index contributed by atoms with van der Waals surface area (Å²) in [5, 5.41) is -0.364. The van der Waals surface area contributed by atoms with Crippen LogP contribution in [-0.2, 0) is 43.5 Å². The van der Waals surface area contributed by atoms with Crippen molar-refractivity contribution in [1.29, 1.82) is 0 Å². The Balaban J connectivity index is 1.38. The van der Waals surface area contributed by atoms with Crippen LogP contribution in [0.3, 0.4) is 0 Å². The second-order valence-corrected chi connectivity index (χ2v) is 14.8. The standard InChI is InChI=1S/C33H38ClFN4O8S/c1-46-19-24(20-48(3,44)45)39-32(42)27(26-5-4-6-28(35)31(26)34)17-37(33(39)43)18-30(41)36-12-10-23(11-13-36)38-14-9-22-15-25(47-2)8-7-21(22)16-29(38)40/h4-8,15,17,23-24H,9-14,16,18-20H2,1-3H3/t24-/m0/s1. The topological polar surface area (TPSA) is 137 Å². The van der Waals surface area contributed by atoms with E-state index in [4.69, 9.17) is 21.1 Å².